The van der Waals surface area contributed by atoms with Gasteiger partial charge in [0.2, 0.25) is 0 Å². The number of amides is 1. The van der Waals surface area contributed by atoms with Crippen LogP contribution in [0, 0.1) is 0 Å². The van der Waals surface area contributed by atoms with Crippen molar-refractivity contribution in [2.75, 3.05) is 20.3 Å². The van der Waals surface area contributed by atoms with Crippen LogP contribution in [0.4, 0.5) is 0 Å². The van der Waals surface area contributed by atoms with Gasteiger partial charge in [-0.15, -0.1) is 0 Å². The zero-order chi connectivity index (χ0) is 15.8. The van der Waals surface area contributed by atoms with Gasteiger partial charge in [-0.3, -0.25) is 4.79 Å². The van der Waals surface area contributed by atoms with E-state index in [2.05, 4.69) is 11.0 Å². The molecule has 0 aromatic heterocycles. The molecule has 0 spiro atoms. The number of benzene rings is 1. The number of morpholine rings is 1. The Morgan fingerprint density at radius 1 is 1.22 bits per heavy atom. The van der Waals surface area contributed by atoms with Crippen LogP contribution in [0.3, 0.4) is 0 Å². The Kier molecular flexibility index (Phi) is 4.02. The average molecular weight is 315 g/mol. The summed E-state index contributed by atoms with van der Waals surface area (Å²) >= 11 is 0. The van der Waals surface area contributed by atoms with Gasteiger partial charge in [0.05, 0.1) is 25.9 Å². The zero-order valence-corrected chi connectivity index (χ0v) is 13.8. The third kappa shape index (κ3) is 2.85. The predicted octanol–water partition coefficient (Wildman–Crippen LogP) is 3.36. The maximum Gasteiger partial charge on any atom is 0.254 e. The van der Waals surface area contributed by atoms with Crippen LogP contribution in [-0.4, -0.2) is 43.2 Å². The fraction of sp³-hybridized carbons (Fsp3) is 0.632. The molecule has 0 radical (unpaired) electrons. The van der Waals surface area contributed by atoms with Crippen LogP contribution in [0.15, 0.2) is 18.2 Å². The standard InChI is InChI=1S/C19H25NO3/c1-22-17-9-8-14(12-15(17)13-6-7-13)19(21)20-10-11-23-18-5-3-2-4-16(18)20/h8-9,12-13,16,18H,2-7,10-11H2,1H3/t16-,18-/m0/s1. The molecule has 1 amide bonds. The Labute approximate surface area is 137 Å². The number of methoxy groups -OCH3 is 1. The summed E-state index contributed by atoms with van der Waals surface area (Å²) in [7, 11) is 1.71. The van der Waals surface area contributed by atoms with Crippen molar-refractivity contribution in [1.29, 1.82) is 0 Å². The van der Waals surface area contributed by atoms with Crippen LogP contribution >= 0.6 is 0 Å². The molecule has 0 unspecified atom stereocenters. The molecule has 3 aliphatic rings. The van der Waals surface area contributed by atoms with Crippen LogP contribution in [0.1, 0.15) is 60.4 Å². The van der Waals surface area contributed by atoms with Crippen molar-refractivity contribution in [2.45, 2.75) is 56.6 Å². The molecule has 23 heavy (non-hydrogen) atoms. The molecule has 1 heterocycles. The van der Waals surface area contributed by atoms with Crippen molar-refractivity contribution < 1.29 is 14.3 Å². The lowest BCUT2D eigenvalue weighted by molar-refractivity contribution is -0.0752. The van der Waals surface area contributed by atoms with Gasteiger partial charge in [-0.05, 0) is 55.4 Å². The summed E-state index contributed by atoms with van der Waals surface area (Å²) in [6.07, 6.45) is 7.23. The number of carbonyl (C=O) groups excluding carboxylic acids is 1. The quantitative estimate of drug-likeness (QED) is 0.858. The van der Waals surface area contributed by atoms with E-state index in [1.165, 1.54) is 31.2 Å². The van der Waals surface area contributed by atoms with Gasteiger partial charge in [0.25, 0.3) is 5.91 Å². The molecule has 1 aromatic carbocycles. The lowest BCUT2D eigenvalue weighted by atomic mass is 9.89. The van der Waals surface area contributed by atoms with E-state index in [9.17, 15) is 4.79 Å². The van der Waals surface area contributed by atoms with E-state index in [4.69, 9.17) is 9.47 Å². The second-order valence-corrected chi connectivity index (χ2v) is 6.99. The highest BCUT2D eigenvalue weighted by Gasteiger charge is 2.37. The first-order valence-corrected chi connectivity index (χ1v) is 8.88. The van der Waals surface area contributed by atoms with Crippen molar-refractivity contribution in [1.82, 2.24) is 4.90 Å². The molecule has 2 atom stereocenters. The molecular weight excluding hydrogens is 290 g/mol. The van der Waals surface area contributed by atoms with Gasteiger partial charge in [-0.2, -0.15) is 0 Å². The van der Waals surface area contributed by atoms with E-state index in [1.807, 2.05) is 12.1 Å². The summed E-state index contributed by atoms with van der Waals surface area (Å²) < 4.78 is 11.4. The normalized spacial score (nSPS) is 27.4. The van der Waals surface area contributed by atoms with Crippen molar-refractivity contribution in [3.05, 3.63) is 29.3 Å². The fourth-order valence-electron chi connectivity index (χ4n) is 4.10. The van der Waals surface area contributed by atoms with Gasteiger partial charge < -0.3 is 14.4 Å². The number of hydrogen-bond donors (Lipinski definition) is 0. The maximum atomic E-state index is 13.1. The first-order chi connectivity index (χ1) is 11.3. The molecule has 2 aliphatic carbocycles. The predicted molar refractivity (Wildman–Crippen MR) is 88.0 cm³/mol. The Balaban J connectivity index is 1.59. The summed E-state index contributed by atoms with van der Waals surface area (Å²) in [4.78, 5) is 15.1. The van der Waals surface area contributed by atoms with Crippen LogP contribution in [-0.2, 0) is 4.74 Å². The van der Waals surface area contributed by atoms with Crippen molar-refractivity contribution in [2.24, 2.45) is 0 Å². The molecule has 0 N–H and O–H groups in total. The molecule has 1 saturated heterocycles. The van der Waals surface area contributed by atoms with Crippen LogP contribution in [0.5, 0.6) is 5.75 Å². The minimum atomic E-state index is 0.162. The number of fused-ring (bicyclic) bond motifs is 1. The van der Waals surface area contributed by atoms with Crippen molar-refractivity contribution >= 4 is 5.91 Å². The lowest BCUT2D eigenvalue weighted by Gasteiger charge is -2.43. The van der Waals surface area contributed by atoms with Crippen molar-refractivity contribution in [3.63, 3.8) is 0 Å². The Morgan fingerprint density at radius 2 is 2.04 bits per heavy atom. The number of rotatable bonds is 3. The van der Waals surface area contributed by atoms with Gasteiger partial charge in [0, 0.05) is 12.1 Å². The van der Waals surface area contributed by atoms with Gasteiger partial charge in [-0.25, -0.2) is 0 Å². The summed E-state index contributed by atoms with van der Waals surface area (Å²) in [5.74, 6) is 1.65. The fourth-order valence-corrected chi connectivity index (χ4v) is 4.10. The largest absolute Gasteiger partial charge is 0.496 e. The Hall–Kier alpha value is -1.55. The smallest absolute Gasteiger partial charge is 0.254 e. The van der Waals surface area contributed by atoms with Gasteiger partial charge in [0.1, 0.15) is 5.75 Å². The molecule has 0 bridgehead atoms. The highest BCUT2D eigenvalue weighted by atomic mass is 16.5. The number of ether oxygens (including phenoxy) is 2. The topological polar surface area (TPSA) is 38.8 Å². The van der Waals surface area contributed by atoms with E-state index >= 15 is 0 Å². The molecule has 4 rings (SSSR count). The molecule has 2 saturated carbocycles. The molecule has 4 nitrogen and oxygen atoms in total. The summed E-state index contributed by atoms with van der Waals surface area (Å²) in [6.45, 7) is 1.38. The SMILES string of the molecule is COc1ccc(C(=O)N2CCO[C@H]3CCCC[C@@H]32)cc1C1CC1. The highest BCUT2D eigenvalue weighted by molar-refractivity contribution is 5.95. The molecule has 4 heteroatoms. The van der Waals surface area contributed by atoms with Gasteiger partial charge in [-0.1, -0.05) is 12.8 Å². The van der Waals surface area contributed by atoms with Crippen LogP contribution in [0.25, 0.3) is 0 Å². The van der Waals surface area contributed by atoms with Crippen LogP contribution in [0.2, 0.25) is 0 Å². The molecule has 1 aliphatic heterocycles. The Morgan fingerprint density at radius 3 is 2.83 bits per heavy atom. The minimum Gasteiger partial charge on any atom is -0.496 e. The third-order valence-corrected chi connectivity index (χ3v) is 5.49. The van der Waals surface area contributed by atoms with Crippen molar-refractivity contribution in [3.8, 4) is 5.75 Å². The monoisotopic (exact) mass is 315 g/mol. The number of hydrogen-bond acceptors (Lipinski definition) is 3. The highest BCUT2D eigenvalue weighted by Crippen LogP contribution is 2.44. The zero-order valence-electron chi connectivity index (χ0n) is 13.8. The third-order valence-electron chi connectivity index (χ3n) is 5.49. The van der Waals surface area contributed by atoms with E-state index in [-0.39, 0.29) is 18.1 Å². The summed E-state index contributed by atoms with van der Waals surface area (Å²) in [5, 5.41) is 0. The molecule has 124 valence electrons. The first kappa shape index (κ1) is 15.0. The second kappa shape index (κ2) is 6.16. The molecule has 3 fully saturated rings. The maximum absolute atomic E-state index is 13.1. The number of carbonyl (C=O) groups is 1. The van der Waals surface area contributed by atoms with Gasteiger partial charge >= 0.3 is 0 Å². The summed E-state index contributed by atoms with van der Waals surface area (Å²) in [5.41, 5.74) is 2.01. The summed E-state index contributed by atoms with van der Waals surface area (Å²) in [6, 6.07) is 6.20. The molecule has 1 aromatic rings. The van der Waals surface area contributed by atoms with E-state index in [1.54, 1.807) is 7.11 Å². The molecular formula is C19H25NO3. The Bertz CT molecular complexity index is 594. The van der Waals surface area contributed by atoms with Crippen LogP contribution < -0.4 is 4.74 Å². The lowest BCUT2D eigenvalue weighted by Crippen LogP contribution is -2.54. The first-order valence-electron chi connectivity index (χ1n) is 8.88. The van der Waals surface area contributed by atoms with E-state index in [0.717, 1.165) is 24.2 Å². The van der Waals surface area contributed by atoms with Gasteiger partial charge in [0.15, 0.2) is 0 Å². The average Bonchev–Trinajstić information content (AvgIpc) is 3.45. The van der Waals surface area contributed by atoms with E-state index in [0.29, 0.717) is 19.1 Å². The van der Waals surface area contributed by atoms with E-state index < -0.39 is 0 Å². The second-order valence-electron chi connectivity index (χ2n) is 6.99. The minimum absolute atomic E-state index is 0.162. The number of nitrogens with zero attached hydrogens (tertiary/aromatic N) is 1.